The fourth-order valence-electron chi connectivity index (χ4n) is 3.43. The van der Waals surface area contributed by atoms with Crippen LogP contribution < -0.4 is 10.1 Å². The topological polar surface area (TPSA) is 58.6 Å². The Morgan fingerprint density at radius 3 is 2.54 bits per heavy atom. The van der Waals surface area contributed by atoms with Crippen LogP contribution in [-0.2, 0) is 17.6 Å². The molecule has 5 nitrogen and oxygen atoms in total. The van der Waals surface area contributed by atoms with Crippen LogP contribution >= 0.6 is 11.6 Å². The van der Waals surface area contributed by atoms with E-state index in [9.17, 15) is 9.59 Å². The maximum atomic E-state index is 12.4. The summed E-state index contributed by atoms with van der Waals surface area (Å²) in [5.41, 5.74) is 3.63. The minimum Gasteiger partial charge on any atom is -0.484 e. The number of halogens is 1. The molecule has 0 aliphatic heterocycles. The third kappa shape index (κ3) is 4.65. The molecule has 148 valence electrons. The molecule has 0 spiro atoms. The molecule has 28 heavy (non-hydrogen) atoms. The van der Waals surface area contributed by atoms with E-state index in [1.165, 1.54) is 17.5 Å². The molecule has 1 N–H and O–H groups in total. The average Bonchev–Trinajstić information content (AvgIpc) is 3.15. The van der Waals surface area contributed by atoms with Gasteiger partial charge in [0.05, 0.1) is 10.6 Å². The van der Waals surface area contributed by atoms with E-state index < -0.39 is 0 Å². The van der Waals surface area contributed by atoms with Crippen LogP contribution in [0, 0.1) is 0 Å². The fraction of sp³-hybridized carbons (Fsp3) is 0.364. The van der Waals surface area contributed by atoms with Gasteiger partial charge in [0.15, 0.2) is 6.61 Å². The molecular formula is C22H25ClN2O3. The molecule has 6 heteroatoms. The molecule has 1 aliphatic rings. The van der Waals surface area contributed by atoms with Crippen LogP contribution in [0.5, 0.6) is 5.75 Å². The van der Waals surface area contributed by atoms with Crippen molar-refractivity contribution in [3.63, 3.8) is 0 Å². The second-order valence-corrected chi connectivity index (χ2v) is 7.20. The maximum absolute atomic E-state index is 12.4. The van der Waals surface area contributed by atoms with Crippen LogP contribution in [0.2, 0.25) is 5.02 Å². The van der Waals surface area contributed by atoms with Crippen LogP contribution in [0.1, 0.15) is 41.8 Å². The van der Waals surface area contributed by atoms with E-state index in [1.807, 2.05) is 26.0 Å². The summed E-state index contributed by atoms with van der Waals surface area (Å²) in [4.78, 5) is 26.3. The minimum atomic E-state index is -0.278. The van der Waals surface area contributed by atoms with Gasteiger partial charge in [0, 0.05) is 18.8 Å². The molecule has 0 unspecified atom stereocenters. The summed E-state index contributed by atoms with van der Waals surface area (Å²) in [7, 11) is 0. The number of carbonyl (C=O) groups excluding carboxylic acids is 2. The lowest BCUT2D eigenvalue weighted by Crippen LogP contribution is -2.30. The van der Waals surface area contributed by atoms with Crippen molar-refractivity contribution >= 4 is 29.1 Å². The summed E-state index contributed by atoms with van der Waals surface area (Å²) in [5, 5.41) is 3.07. The van der Waals surface area contributed by atoms with Crippen molar-refractivity contribution < 1.29 is 14.3 Å². The lowest BCUT2D eigenvalue weighted by atomic mass is 10.1. The second kappa shape index (κ2) is 9.11. The zero-order chi connectivity index (χ0) is 20.1. The Kier molecular flexibility index (Phi) is 6.57. The highest BCUT2D eigenvalue weighted by Gasteiger charge is 2.17. The minimum absolute atomic E-state index is 0.0868. The number of hydrogen-bond acceptors (Lipinski definition) is 3. The van der Waals surface area contributed by atoms with Gasteiger partial charge in [-0.3, -0.25) is 9.59 Å². The Morgan fingerprint density at radius 1 is 1.07 bits per heavy atom. The normalized spacial score (nSPS) is 12.4. The molecule has 0 aromatic heterocycles. The van der Waals surface area contributed by atoms with Crippen molar-refractivity contribution in [1.82, 2.24) is 4.90 Å². The van der Waals surface area contributed by atoms with Gasteiger partial charge in [0.2, 0.25) is 0 Å². The quantitative estimate of drug-likeness (QED) is 0.752. The van der Waals surface area contributed by atoms with Crippen LogP contribution in [0.25, 0.3) is 0 Å². The zero-order valence-corrected chi connectivity index (χ0v) is 17.0. The zero-order valence-electron chi connectivity index (χ0n) is 16.3. The third-order valence-corrected chi connectivity index (χ3v) is 5.29. The third-order valence-electron chi connectivity index (χ3n) is 4.97. The van der Waals surface area contributed by atoms with E-state index >= 15 is 0 Å². The van der Waals surface area contributed by atoms with Gasteiger partial charge in [0.25, 0.3) is 11.8 Å². The number of rotatable bonds is 7. The number of fused-ring (bicyclic) bond motifs is 1. The lowest BCUT2D eigenvalue weighted by molar-refractivity contribution is -0.118. The Morgan fingerprint density at radius 2 is 1.82 bits per heavy atom. The van der Waals surface area contributed by atoms with Crippen LogP contribution in [-0.4, -0.2) is 36.4 Å². The van der Waals surface area contributed by atoms with E-state index in [4.69, 9.17) is 16.3 Å². The standard InChI is InChI=1S/C22H25ClN2O3/c1-3-25(4-2)22(27)19-11-9-17(13-20(19)23)24-21(26)14-28-18-10-8-15-6-5-7-16(15)12-18/h8-13H,3-7,14H2,1-2H3,(H,24,26). The van der Waals surface area contributed by atoms with Gasteiger partial charge in [-0.25, -0.2) is 0 Å². The molecule has 3 rings (SSSR count). The summed E-state index contributed by atoms with van der Waals surface area (Å²) in [5.74, 6) is 0.307. The number of benzene rings is 2. The molecule has 0 bridgehead atoms. The fourth-order valence-corrected chi connectivity index (χ4v) is 3.69. The highest BCUT2D eigenvalue weighted by Crippen LogP contribution is 2.26. The molecule has 0 saturated heterocycles. The number of amides is 2. The van der Waals surface area contributed by atoms with Gasteiger partial charge in [-0.15, -0.1) is 0 Å². The molecule has 0 atom stereocenters. The molecule has 2 aromatic rings. The monoisotopic (exact) mass is 400 g/mol. The van der Waals surface area contributed by atoms with Gasteiger partial charge in [-0.2, -0.15) is 0 Å². The molecule has 0 radical (unpaired) electrons. The number of nitrogens with zero attached hydrogens (tertiary/aromatic N) is 1. The SMILES string of the molecule is CCN(CC)C(=O)c1ccc(NC(=O)COc2ccc3c(c2)CCC3)cc1Cl. The highest BCUT2D eigenvalue weighted by molar-refractivity contribution is 6.34. The first kappa shape index (κ1) is 20.2. The number of ether oxygens (including phenoxy) is 1. The number of carbonyl (C=O) groups is 2. The van der Waals surface area contributed by atoms with Gasteiger partial charge >= 0.3 is 0 Å². The van der Waals surface area contributed by atoms with Gasteiger partial charge in [-0.1, -0.05) is 17.7 Å². The van der Waals surface area contributed by atoms with Gasteiger partial charge in [-0.05, 0) is 74.6 Å². The smallest absolute Gasteiger partial charge is 0.262 e. The summed E-state index contributed by atoms with van der Waals surface area (Å²) >= 11 is 6.26. The van der Waals surface area contributed by atoms with Crippen LogP contribution in [0.4, 0.5) is 5.69 Å². The van der Waals surface area contributed by atoms with Gasteiger partial charge < -0.3 is 15.0 Å². The van der Waals surface area contributed by atoms with Crippen molar-refractivity contribution in [2.45, 2.75) is 33.1 Å². The Bertz CT molecular complexity index is 878. The predicted octanol–water partition coefficient (Wildman–Crippen LogP) is 4.33. The molecule has 2 amide bonds. The Hall–Kier alpha value is -2.53. The number of anilines is 1. The largest absolute Gasteiger partial charge is 0.484 e. The summed E-state index contributed by atoms with van der Waals surface area (Å²) in [6.45, 7) is 4.99. The number of hydrogen-bond donors (Lipinski definition) is 1. The summed E-state index contributed by atoms with van der Waals surface area (Å²) in [6.07, 6.45) is 3.35. The van der Waals surface area contributed by atoms with Crippen LogP contribution in [0.3, 0.4) is 0 Å². The van der Waals surface area contributed by atoms with Crippen molar-refractivity contribution in [3.05, 3.63) is 58.1 Å². The summed E-state index contributed by atoms with van der Waals surface area (Å²) < 4.78 is 5.61. The molecule has 2 aromatic carbocycles. The first-order chi connectivity index (χ1) is 13.5. The Labute approximate surface area is 170 Å². The summed E-state index contributed by atoms with van der Waals surface area (Å²) in [6, 6.07) is 10.9. The molecular weight excluding hydrogens is 376 g/mol. The number of aryl methyl sites for hydroxylation is 2. The first-order valence-corrected chi connectivity index (χ1v) is 10.0. The van der Waals surface area contributed by atoms with E-state index in [1.54, 1.807) is 23.1 Å². The molecule has 1 aliphatic carbocycles. The average molecular weight is 401 g/mol. The highest BCUT2D eigenvalue weighted by atomic mass is 35.5. The Balaban J connectivity index is 1.58. The maximum Gasteiger partial charge on any atom is 0.262 e. The first-order valence-electron chi connectivity index (χ1n) is 9.65. The van der Waals surface area contributed by atoms with Gasteiger partial charge in [0.1, 0.15) is 5.75 Å². The van der Waals surface area contributed by atoms with Crippen molar-refractivity contribution in [2.24, 2.45) is 0 Å². The molecule has 0 fully saturated rings. The van der Waals surface area contributed by atoms with Crippen LogP contribution in [0.15, 0.2) is 36.4 Å². The van der Waals surface area contributed by atoms with E-state index in [-0.39, 0.29) is 18.4 Å². The number of nitrogens with one attached hydrogen (secondary N) is 1. The van der Waals surface area contributed by atoms with E-state index in [2.05, 4.69) is 11.4 Å². The molecule has 0 heterocycles. The van der Waals surface area contributed by atoms with E-state index in [0.29, 0.717) is 35.1 Å². The van der Waals surface area contributed by atoms with Crippen molar-refractivity contribution in [3.8, 4) is 5.75 Å². The second-order valence-electron chi connectivity index (χ2n) is 6.79. The van der Waals surface area contributed by atoms with Crippen molar-refractivity contribution in [1.29, 1.82) is 0 Å². The predicted molar refractivity (Wildman–Crippen MR) is 111 cm³/mol. The van der Waals surface area contributed by atoms with Crippen molar-refractivity contribution in [2.75, 3.05) is 25.0 Å². The molecule has 0 saturated carbocycles. The van der Waals surface area contributed by atoms with E-state index in [0.717, 1.165) is 12.8 Å². The lowest BCUT2D eigenvalue weighted by Gasteiger charge is -2.19.